The largest absolute Gasteiger partial charge is 0.381 e. The third-order valence-electron chi connectivity index (χ3n) is 6.24. The van der Waals surface area contributed by atoms with E-state index >= 15 is 0 Å². The Bertz CT molecular complexity index is 416. The molecule has 2 heterocycles. The van der Waals surface area contributed by atoms with Gasteiger partial charge in [-0.3, -0.25) is 4.79 Å². The minimum absolute atomic E-state index is 0.243. The van der Waals surface area contributed by atoms with Gasteiger partial charge in [-0.2, -0.15) is 0 Å². The Morgan fingerprint density at radius 3 is 2.36 bits per heavy atom. The fourth-order valence-corrected chi connectivity index (χ4v) is 4.52. The van der Waals surface area contributed by atoms with Crippen molar-refractivity contribution in [3.8, 4) is 0 Å². The van der Waals surface area contributed by atoms with E-state index in [0.717, 1.165) is 77.9 Å². The van der Waals surface area contributed by atoms with Crippen molar-refractivity contribution in [2.24, 2.45) is 17.3 Å². The Morgan fingerprint density at radius 1 is 1.00 bits per heavy atom. The molecule has 1 unspecified atom stereocenters. The first-order chi connectivity index (χ1) is 10.7. The second-order valence-corrected chi connectivity index (χ2v) is 7.53. The highest BCUT2D eigenvalue weighted by molar-refractivity contribution is 5.82. The Balaban J connectivity index is 1.20. The summed E-state index contributed by atoms with van der Waals surface area (Å²) in [7, 11) is 0. The summed E-state index contributed by atoms with van der Waals surface area (Å²) in [5, 5.41) is 3.20. The van der Waals surface area contributed by atoms with Crippen LogP contribution < -0.4 is 5.32 Å². The van der Waals surface area contributed by atoms with Crippen molar-refractivity contribution in [2.45, 2.75) is 50.7 Å². The molecule has 2 saturated carbocycles. The number of amides is 1. The number of carbonyl (C=O) groups is 1. The van der Waals surface area contributed by atoms with Gasteiger partial charge in [0.25, 0.3) is 0 Å². The highest BCUT2D eigenvalue weighted by Gasteiger charge is 2.57. The molecule has 0 aromatic heterocycles. The van der Waals surface area contributed by atoms with Gasteiger partial charge >= 0.3 is 0 Å². The van der Waals surface area contributed by atoms with Crippen LogP contribution >= 0.6 is 0 Å². The van der Waals surface area contributed by atoms with Gasteiger partial charge in [0.2, 0.25) is 5.91 Å². The molecule has 4 fully saturated rings. The van der Waals surface area contributed by atoms with Gasteiger partial charge in [0.1, 0.15) is 0 Å². The molecule has 2 aliphatic carbocycles. The molecule has 124 valence electrons. The molecule has 22 heavy (non-hydrogen) atoms. The van der Waals surface area contributed by atoms with Crippen LogP contribution in [0.4, 0.5) is 0 Å². The molecule has 0 bridgehead atoms. The quantitative estimate of drug-likeness (QED) is 0.864. The zero-order chi connectivity index (χ0) is 15.0. The standard InChI is InChI=1S/C17H27NO4/c19-15(14-11-16(14)5-7-20-8-6-16)18-12-13-1-3-17(4-2-13)21-9-10-22-17/h13-14H,1-12H2,(H,18,19). The van der Waals surface area contributed by atoms with Gasteiger partial charge in [-0.05, 0) is 43.4 Å². The molecule has 1 atom stereocenters. The Labute approximate surface area is 132 Å². The lowest BCUT2D eigenvalue weighted by Crippen LogP contribution is -2.39. The van der Waals surface area contributed by atoms with Gasteiger partial charge in [-0.15, -0.1) is 0 Å². The van der Waals surface area contributed by atoms with Gasteiger partial charge in [-0.1, -0.05) is 0 Å². The van der Waals surface area contributed by atoms with Crippen LogP contribution in [0.1, 0.15) is 44.9 Å². The topological polar surface area (TPSA) is 56.8 Å². The van der Waals surface area contributed by atoms with Gasteiger partial charge in [0, 0.05) is 38.5 Å². The van der Waals surface area contributed by atoms with Crippen LogP contribution in [0.25, 0.3) is 0 Å². The molecular formula is C17H27NO4. The lowest BCUT2D eigenvalue weighted by Gasteiger charge is -2.35. The summed E-state index contributed by atoms with van der Waals surface area (Å²) in [5.41, 5.74) is 0.282. The molecule has 0 radical (unpaired) electrons. The molecule has 2 spiro atoms. The summed E-state index contributed by atoms with van der Waals surface area (Å²) in [6.45, 7) is 3.94. The van der Waals surface area contributed by atoms with Crippen LogP contribution in [-0.4, -0.2) is 44.7 Å². The van der Waals surface area contributed by atoms with E-state index in [1.165, 1.54) is 0 Å². The third kappa shape index (κ3) is 2.79. The van der Waals surface area contributed by atoms with Crippen molar-refractivity contribution in [3.63, 3.8) is 0 Å². The number of carbonyl (C=O) groups excluding carboxylic acids is 1. The highest BCUT2D eigenvalue weighted by atomic mass is 16.7. The second-order valence-electron chi connectivity index (χ2n) is 7.53. The number of ether oxygens (including phenoxy) is 3. The summed E-state index contributed by atoms with van der Waals surface area (Å²) in [4.78, 5) is 12.4. The summed E-state index contributed by atoms with van der Waals surface area (Å²) in [6.07, 6.45) is 7.30. The molecule has 2 saturated heterocycles. The monoisotopic (exact) mass is 309 g/mol. The van der Waals surface area contributed by atoms with Gasteiger partial charge in [0.05, 0.1) is 13.2 Å². The van der Waals surface area contributed by atoms with Crippen LogP contribution in [0.3, 0.4) is 0 Å². The van der Waals surface area contributed by atoms with Crippen LogP contribution in [-0.2, 0) is 19.0 Å². The second kappa shape index (κ2) is 5.77. The van der Waals surface area contributed by atoms with Crippen LogP contribution in [0.5, 0.6) is 0 Å². The maximum absolute atomic E-state index is 12.4. The average molecular weight is 309 g/mol. The third-order valence-corrected chi connectivity index (χ3v) is 6.24. The first-order valence-electron chi connectivity index (χ1n) is 8.85. The summed E-state index contributed by atoms with van der Waals surface area (Å²) in [5.74, 6) is 0.804. The maximum atomic E-state index is 12.4. The molecule has 1 amide bonds. The predicted octanol–water partition coefficient (Wildman–Crippen LogP) is 1.85. The molecule has 5 nitrogen and oxygen atoms in total. The maximum Gasteiger partial charge on any atom is 0.223 e. The van der Waals surface area contributed by atoms with Crippen LogP contribution in [0.2, 0.25) is 0 Å². The van der Waals surface area contributed by atoms with E-state index in [4.69, 9.17) is 14.2 Å². The first-order valence-corrected chi connectivity index (χ1v) is 8.85. The van der Waals surface area contributed by atoms with Crippen molar-refractivity contribution < 1.29 is 19.0 Å². The Hall–Kier alpha value is -0.650. The zero-order valence-corrected chi connectivity index (χ0v) is 13.3. The molecule has 4 rings (SSSR count). The molecule has 1 N–H and O–H groups in total. The molecule has 4 aliphatic rings. The van der Waals surface area contributed by atoms with E-state index in [1.54, 1.807) is 0 Å². The molecular weight excluding hydrogens is 282 g/mol. The van der Waals surface area contributed by atoms with Gasteiger partial charge in [0.15, 0.2) is 5.79 Å². The van der Waals surface area contributed by atoms with E-state index < -0.39 is 0 Å². The lowest BCUT2D eigenvalue weighted by molar-refractivity contribution is -0.182. The Kier molecular flexibility index (Phi) is 3.91. The molecule has 5 heteroatoms. The first kappa shape index (κ1) is 14.9. The minimum Gasteiger partial charge on any atom is -0.381 e. The summed E-state index contributed by atoms with van der Waals surface area (Å²) in [6, 6.07) is 0. The van der Waals surface area contributed by atoms with Crippen LogP contribution in [0, 0.1) is 17.3 Å². The highest BCUT2D eigenvalue weighted by Crippen LogP contribution is 2.59. The number of nitrogens with one attached hydrogen (secondary N) is 1. The van der Waals surface area contributed by atoms with E-state index in [0.29, 0.717) is 5.92 Å². The molecule has 0 aromatic rings. The lowest BCUT2D eigenvalue weighted by atomic mass is 9.85. The molecule has 2 aliphatic heterocycles. The van der Waals surface area contributed by atoms with Crippen LogP contribution in [0.15, 0.2) is 0 Å². The summed E-state index contributed by atoms with van der Waals surface area (Å²) >= 11 is 0. The van der Waals surface area contributed by atoms with E-state index in [9.17, 15) is 4.79 Å². The van der Waals surface area contributed by atoms with Crippen molar-refractivity contribution in [2.75, 3.05) is 33.0 Å². The fraction of sp³-hybridized carbons (Fsp3) is 0.941. The number of hydrogen-bond donors (Lipinski definition) is 1. The number of rotatable bonds is 3. The average Bonchev–Trinajstić information content (AvgIpc) is 3.04. The Morgan fingerprint density at radius 2 is 1.68 bits per heavy atom. The fourth-order valence-electron chi connectivity index (χ4n) is 4.52. The van der Waals surface area contributed by atoms with Gasteiger partial charge in [-0.25, -0.2) is 0 Å². The predicted molar refractivity (Wildman–Crippen MR) is 80.2 cm³/mol. The van der Waals surface area contributed by atoms with E-state index in [-0.39, 0.29) is 23.0 Å². The van der Waals surface area contributed by atoms with Crippen molar-refractivity contribution in [1.82, 2.24) is 5.32 Å². The van der Waals surface area contributed by atoms with Crippen molar-refractivity contribution in [3.05, 3.63) is 0 Å². The smallest absolute Gasteiger partial charge is 0.223 e. The van der Waals surface area contributed by atoms with Crippen molar-refractivity contribution in [1.29, 1.82) is 0 Å². The van der Waals surface area contributed by atoms with Crippen molar-refractivity contribution >= 4 is 5.91 Å². The van der Waals surface area contributed by atoms with E-state index in [2.05, 4.69) is 5.32 Å². The molecule has 0 aromatic carbocycles. The zero-order valence-electron chi connectivity index (χ0n) is 13.3. The van der Waals surface area contributed by atoms with Gasteiger partial charge < -0.3 is 19.5 Å². The normalized spacial score (nSPS) is 33.2. The number of hydrogen-bond acceptors (Lipinski definition) is 4. The van der Waals surface area contributed by atoms with E-state index in [1.807, 2.05) is 0 Å². The minimum atomic E-state index is -0.289. The summed E-state index contributed by atoms with van der Waals surface area (Å²) < 4.78 is 16.9. The SMILES string of the molecule is O=C(NCC1CCC2(CC1)OCCO2)C1CC12CCOCC2.